The Morgan fingerprint density at radius 1 is 1.16 bits per heavy atom. The summed E-state index contributed by atoms with van der Waals surface area (Å²) in [5.74, 6) is -1.97. The summed E-state index contributed by atoms with van der Waals surface area (Å²) in [6.07, 6.45) is 1.74. The van der Waals surface area contributed by atoms with Crippen molar-refractivity contribution in [3.05, 3.63) is 0 Å². The molecule has 0 aromatic rings. The number of rotatable bonds is 8. The molecule has 0 aromatic heterocycles. The predicted octanol–water partition coefficient (Wildman–Crippen LogP) is -1.04. The van der Waals surface area contributed by atoms with E-state index in [9.17, 15) is 9.59 Å². The van der Waals surface area contributed by atoms with Crippen LogP contribution in [0.25, 0.3) is 0 Å². The highest BCUT2D eigenvalue weighted by Gasteiger charge is 2.18. The average Bonchev–Trinajstić information content (AvgIpc) is 2.37. The average molecular weight is 279 g/mol. The fourth-order valence-electron chi connectivity index (χ4n) is 0.979. The Hall–Kier alpha value is -1.22. The van der Waals surface area contributed by atoms with Gasteiger partial charge in [-0.25, -0.2) is 0 Å². The lowest BCUT2D eigenvalue weighted by atomic mass is 10.1. The summed E-state index contributed by atoms with van der Waals surface area (Å²) in [4.78, 5) is 20.2. The molecule has 0 aliphatic heterocycles. The van der Waals surface area contributed by atoms with Gasteiger partial charge in [0.05, 0.1) is 6.10 Å². The van der Waals surface area contributed by atoms with Crippen LogP contribution in [0.15, 0.2) is 0 Å². The largest absolute Gasteiger partial charge is 0.480 e. The fourth-order valence-corrected chi connectivity index (χ4v) is 0.979. The molecule has 0 aliphatic rings. The van der Waals surface area contributed by atoms with Crippen LogP contribution in [-0.4, -0.2) is 54.0 Å². The van der Waals surface area contributed by atoms with E-state index >= 15 is 0 Å². The lowest BCUT2D eigenvalue weighted by Gasteiger charge is -2.12. The van der Waals surface area contributed by atoms with Gasteiger partial charge in [-0.1, -0.05) is 6.42 Å². The van der Waals surface area contributed by atoms with Gasteiger partial charge in [-0.2, -0.15) is 0 Å². The van der Waals surface area contributed by atoms with Gasteiger partial charge in [-0.15, -0.1) is 0 Å². The highest BCUT2D eigenvalue weighted by Crippen LogP contribution is 1.97. The molecule has 8 nitrogen and oxygen atoms in total. The first kappa shape index (κ1) is 20.1. The third-order valence-electron chi connectivity index (χ3n) is 2.45. The van der Waals surface area contributed by atoms with Crippen molar-refractivity contribution < 1.29 is 24.5 Å². The molecular formula is C11H25N3O5. The second kappa shape index (κ2) is 11.8. The summed E-state index contributed by atoms with van der Waals surface area (Å²) in [5.41, 5.74) is 15.6. The third-order valence-corrected chi connectivity index (χ3v) is 2.45. The first-order valence-corrected chi connectivity index (χ1v) is 5.97. The molecule has 0 heterocycles. The molecule has 0 unspecified atom stereocenters. The van der Waals surface area contributed by atoms with Gasteiger partial charge in [0.2, 0.25) is 0 Å². The molecule has 0 rings (SSSR count). The molecular weight excluding hydrogens is 254 g/mol. The number of ether oxygens (including phenoxy) is 1. The van der Waals surface area contributed by atoms with Crippen molar-refractivity contribution in [2.24, 2.45) is 17.2 Å². The molecule has 0 radical (unpaired) electrons. The minimum Gasteiger partial charge on any atom is -0.480 e. The van der Waals surface area contributed by atoms with E-state index in [2.05, 4.69) is 4.74 Å². The van der Waals surface area contributed by atoms with Gasteiger partial charge < -0.3 is 32.2 Å². The summed E-state index contributed by atoms with van der Waals surface area (Å²) in [6.45, 7) is 2.21. The molecule has 8 heteroatoms. The van der Waals surface area contributed by atoms with Crippen LogP contribution in [0.5, 0.6) is 0 Å². The lowest BCUT2D eigenvalue weighted by Crippen LogP contribution is -2.40. The summed E-state index contributed by atoms with van der Waals surface area (Å²) < 4.78 is 4.67. The molecule has 0 aliphatic carbocycles. The molecule has 3 atom stereocenters. The Morgan fingerprint density at radius 3 is 1.95 bits per heavy atom. The van der Waals surface area contributed by atoms with Crippen LogP contribution < -0.4 is 17.2 Å². The highest BCUT2D eigenvalue weighted by molar-refractivity contribution is 5.73. The Bertz CT molecular complexity index is 263. The predicted molar refractivity (Wildman–Crippen MR) is 70.6 cm³/mol. The van der Waals surface area contributed by atoms with Crippen molar-refractivity contribution in [2.45, 2.75) is 44.4 Å². The minimum atomic E-state index is -1.04. The van der Waals surface area contributed by atoms with Crippen molar-refractivity contribution in [1.82, 2.24) is 0 Å². The van der Waals surface area contributed by atoms with Gasteiger partial charge >= 0.3 is 11.9 Å². The summed E-state index contributed by atoms with van der Waals surface area (Å²) in [7, 11) is 1.42. The molecule has 0 bridgehead atoms. The van der Waals surface area contributed by atoms with Crippen molar-refractivity contribution in [3.63, 3.8) is 0 Å². The van der Waals surface area contributed by atoms with E-state index in [1.54, 1.807) is 6.92 Å². The Balaban J connectivity index is 0. The number of carboxylic acid groups (broad SMARTS) is 2. The standard InChI is InChI=1S/C6H14N2O2.C5H11NO3/c7-4-2-1-3-5(8)6(9)10;1-3(9-2)4(6)5(7)8/h5H,1-4,7-8H2,(H,9,10);3-4H,6H2,1-2H3,(H,7,8)/t5-;3-,4+/m01/s1. The van der Waals surface area contributed by atoms with Gasteiger partial charge in [0.25, 0.3) is 0 Å². The zero-order valence-corrected chi connectivity index (χ0v) is 11.4. The van der Waals surface area contributed by atoms with Crippen LogP contribution >= 0.6 is 0 Å². The zero-order valence-electron chi connectivity index (χ0n) is 11.4. The quantitative estimate of drug-likeness (QED) is 0.352. The van der Waals surface area contributed by atoms with E-state index in [4.69, 9.17) is 27.4 Å². The maximum Gasteiger partial charge on any atom is 0.323 e. The van der Waals surface area contributed by atoms with Crippen molar-refractivity contribution in [2.75, 3.05) is 13.7 Å². The number of hydrogen-bond acceptors (Lipinski definition) is 6. The Labute approximate surface area is 112 Å². The molecule has 0 amide bonds. The second-order valence-corrected chi connectivity index (χ2v) is 4.03. The molecule has 0 aromatic carbocycles. The highest BCUT2D eigenvalue weighted by atomic mass is 16.5. The molecule has 19 heavy (non-hydrogen) atoms. The number of nitrogens with two attached hydrogens (primary N) is 3. The van der Waals surface area contributed by atoms with E-state index in [0.717, 1.165) is 12.8 Å². The number of methoxy groups -OCH3 is 1. The van der Waals surface area contributed by atoms with E-state index in [1.165, 1.54) is 7.11 Å². The summed E-state index contributed by atoms with van der Waals surface area (Å²) in [6, 6.07) is -1.64. The van der Waals surface area contributed by atoms with Gasteiger partial charge in [0.15, 0.2) is 0 Å². The third kappa shape index (κ3) is 11.6. The first-order chi connectivity index (χ1) is 8.77. The van der Waals surface area contributed by atoms with E-state index < -0.39 is 30.1 Å². The van der Waals surface area contributed by atoms with E-state index in [0.29, 0.717) is 13.0 Å². The van der Waals surface area contributed by atoms with Crippen LogP contribution in [-0.2, 0) is 14.3 Å². The Kier molecular flexibility index (Phi) is 12.5. The van der Waals surface area contributed by atoms with Crippen LogP contribution in [0.1, 0.15) is 26.2 Å². The maximum atomic E-state index is 10.1. The number of carbonyl (C=O) groups is 2. The number of hydrogen-bond donors (Lipinski definition) is 5. The molecule has 114 valence electrons. The van der Waals surface area contributed by atoms with Crippen molar-refractivity contribution >= 4 is 11.9 Å². The number of unbranched alkanes of at least 4 members (excludes halogenated alkanes) is 1. The molecule has 8 N–H and O–H groups in total. The minimum absolute atomic E-state index is 0.428. The Morgan fingerprint density at radius 2 is 1.68 bits per heavy atom. The second-order valence-electron chi connectivity index (χ2n) is 4.03. The summed E-state index contributed by atoms with van der Waals surface area (Å²) >= 11 is 0. The van der Waals surface area contributed by atoms with Crippen LogP contribution in [0.4, 0.5) is 0 Å². The van der Waals surface area contributed by atoms with Crippen LogP contribution in [0.2, 0.25) is 0 Å². The van der Waals surface area contributed by atoms with Gasteiger partial charge in [-0.3, -0.25) is 9.59 Å². The van der Waals surface area contributed by atoms with Gasteiger partial charge in [-0.05, 0) is 26.3 Å². The van der Waals surface area contributed by atoms with E-state index in [1.807, 2.05) is 0 Å². The fraction of sp³-hybridized carbons (Fsp3) is 0.818. The smallest absolute Gasteiger partial charge is 0.323 e. The monoisotopic (exact) mass is 279 g/mol. The van der Waals surface area contributed by atoms with Gasteiger partial charge in [0, 0.05) is 7.11 Å². The maximum absolute atomic E-state index is 10.1. The molecule has 0 saturated carbocycles. The SMILES string of the molecule is CO[C@H](C)[C@H](N)C(=O)O.NCCCC[C@H](N)C(=O)O. The van der Waals surface area contributed by atoms with Crippen molar-refractivity contribution in [3.8, 4) is 0 Å². The van der Waals surface area contributed by atoms with Crippen LogP contribution in [0, 0.1) is 0 Å². The molecule has 0 fully saturated rings. The van der Waals surface area contributed by atoms with Crippen LogP contribution in [0.3, 0.4) is 0 Å². The molecule has 0 spiro atoms. The number of carboxylic acids is 2. The first-order valence-electron chi connectivity index (χ1n) is 5.97. The lowest BCUT2D eigenvalue weighted by molar-refractivity contribution is -0.141. The zero-order chi connectivity index (χ0) is 15.4. The van der Waals surface area contributed by atoms with Crippen molar-refractivity contribution in [1.29, 1.82) is 0 Å². The molecule has 0 saturated heterocycles. The summed E-state index contributed by atoms with van der Waals surface area (Å²) in [5, 5.41) is 16.6. The normalized spacial score (nSPS) is 14.8. The van der Waals surface area contributed by atoms with Gasteiger partial charge in [0.1, 0.15) is 12.1 Å². The number of aliphatic carboxylic acids is 2. The van der Waals surface area contributed by atoms with E-state index in [-0.39, 0.29) is 0 Å². The topological polar surface area (TPSA) is 162 Å².